The van der Waals surface area contributed by atoms with E-state index < -0.39 is 24.1 Å². The molecule has 1 amide bonds. The van der Waals surface area contributed by atoms with Crippen LogP contribution in [-0.4, -0.2) is 29.2 Å². The van der Waals surface area contributed by atoms with Crippen molar-refractivity contribution in [3.05, 3.63) is 0 Å². The summed E-state index contributed by atoms with van der Waals surface area (Å²) in [6, 6.07) is -0.931. The standard InChI is InChI=1S/C15H24F3NO3/c1-9(2)7-12(14(21)22)19-13(20)8-10-3-5-11(6-4-10)15(16,17)18/h9-12H,3-8H2,1-2H3,(H,19,20)(H,21,22). The molecule has 1 unspecified atom stereocenters. The Hall–Kier alpha value is -1.27. The van der Waals surface area contributed by atoms with Gasteiger partial charge in [0.15, 0.2) is 0 Å². The molecular weight excluding hydrogens is 299 g/mol. The first-order valence-corrected chi connectivity index (χ1v) is 7.68. The number of amides is 1. The molecule has 0 aromatic rings. The van der Waals surface area contributed by atoms with Crippen LogP contribution in [0.5, 0.6) is 0 Å². The lowest BCUT2D eigenvalue weighted by molar-refractivity contribution is -0.184. The molecule has 2 N–H and O–H groups in total. The molecule has 22 heavy (non-hydrogen) atoms. The summed E-state index contributed by atoms with van der Waals surface area (Å²) in [5.74, 6) is -2.69. The number of carboxylic acids is 1. The predicted octanol–water partition coefficient (Wildman–Crippen LogP) is 3.36. The molecule has 0 aromatic carbocycles. The van der Waals surface area contributed by atoms with Gasteiger partial charge in [0, 0.05) is 6.42 Å². The Morgan fingerprint density at radius 1 is 1.18 bits per heavy atom. The van der Waals surface area contributed by atoms with Crippen LogP contribution in [0, 0.1) is 17.8 Å². The van der Waals surface area contributed by atoms with Crippen LogP contribution in [0.1, 0.15) is 52.4 Å². The SMILES string of the molecule is CC(C)CC(NC(=O)CC1CCC(C(F)(F)F)CC1)C(=O)O. The normalized spacial score (nSPS) is 24.1. The second-order valence-electron chi connectivity index (χ2n) is 6.55. The highest BCUT2D eigenvalue weighted by Gasteiger charge is 2.41. The first kappa shape index (κ1) is 18.8. The van der Waals surface area contributed by atoms with Gasteiger partial charge in [-0.3, -0.25) is 4.79 Å². The Labute approximate surface area is 128 Å². The van der Waals surface area contributed by atoms with E-state index in [1.165, 1.54) is 0 Å². The third kappa shape index (κ3) is 6.23. The minimum Gasteiger partial charge on any atom is -0.480 e. The largest absolute Gasteiger partial charge is 0.480 e. The third-order valence-corrected chi connectivity index (χ3v) is 4.12. The van der Waals surface area contributed by atoms with Crippen LogP contribution in [0.2, 0.25) is 0 Å². The number of nitrogens with one attached hydrogen (secondary N) is 1. The number of halogens is 3. The van der Waals surface area contributed by atoms with Gasteiger partial charge in [-0.25, -0.2) is 4.79 Å². The summed E-state index contributed by atoms with van der Waals surface area (Å²) >= 11 is 0. The van der Waals surface area contributed by atoms with Crippen molar-refractivity contribution in [2.75, 3.05) is 0 Å². The molecule has 0 saturated heterocycles. The number of aliphatic carboxylic acids is 1. The maximum atomic E-state index is 12.6. The summed E-state index contributed by atoms with van der Waals surface area (Å²) < 4.78 is 37.7. The maximum absolute atomic E-state index is 12.6. The fourth-order valence-electron chi connectivity index (χ4n) is 2.90. The molecular formula is C15H24F3NO3. The summed E-state index contributed by atoms with van der Waals surface area (Å²) in [5, 5.41) is 11.5. The summed E-state index contributed by atoms with van der Waals surface area (Å²) in [6.07, 6.45) is -2.89. The Bertz CT molecular complexity index is 388. The smallest absolute Gasteiger partial charge is 0.391 e. The molecule has 0 spiro atoms. The number of carboxylic acid groups (broad SMARTS) is 1. The molecule has 1 rings (SSSR count). The van der Waals surface area contributed by atoms with Crippen molar-refractivity contribution in [2.45, 2.75) is 64.6 Å². The van der Waals surface area contributed by atoms with Gasteiger partial charge in [0.05, 0.1) is 5.92 Å². The number of rotatable bonds is 6. The molecule has 1 atom stereocenters. The molecule has 1 aliphatic rings. The molecule has 4 nitrogen and oxygen atoms in total. The van der Waals surface area contributed by atoms with E-state index in [1.54, 1.807) is 0 Å². The minimum atomic E-state index is -4.15. The Morgan fingerprint density at radius 3 is 2.14 bits per heavy atom. The van der Waals surface area contributed by atoms with Gasteiger partial charge >= 0.3 is 12.1 Å². The van der Waals surface area contributed by atoms with E-state index in [0.717, 1.165) is 0 Å². The zero-order valence-corrected chi connectivity index (χ0v) is 12.9. The van der Waals surface area contributed by atoms with Crippen LogP contribution >= 0.6 is 0 Å². The van der Waals surface area contributed by atoms with E-state index in [-0.39, 0.29) is 37.0 Å². The van der Waals surface area contributed by atoms with Gasteiger partial charge in [-0.2, -0.15) is 13.2 Å². The zero-order chi connectivity index (χ0) is 16.9. The van der Waals surface area contributed by atoms with E-state index in [2.05, 4.69) is 5.32 Å². The fourth-order valence-corrected chi connectivity index (χ4v) is 2.90. The summed E-state index contributed by atoms with van der Waals surface area (Å²) in [4.78, 5) is 23.0. The van der Waals surface area contributed by atoms with Crippen LogP contribution in [0.3, 0.4) is 0 Å². The van der Waals surface area contributed by atoms with Gasteiger partial charge in [-0.15, -0.1) is 0 Å². The number of alkyl halides is 3. The summed E-state index contributed by atoms with van der Waals surface area (Å²) in [6.45, 7) is 3.72. The van der Waals surface area contributed by atoms with Gasteiger partial charge in [0.2, 0.25) is 5.91 Å². The van der Waals surface area contributed by atoms with Crippen LogP contribution in [0.4, 0.5) is 13.2 Å². The number of carbonyl (C=O) groups is 2. The topological polar surface area (TPSA) is 66.4 Å². The molecule has 0 aromatic heterocycles. The van der Waals surface area contributed by atoms with Crippen molar-refractivity contribution in [2.24, 2.45) is 17.8 Å². The molecule has 1 fully saturated rings. The lowest BCUT2D eigenvalue weighted by Crippen LogP contribution is -2.42. The second-order valence-corrected chi connectivity index (χ2v) is 6.55. The van der Waals surface area contributed by atoms with Gasteiger partial charge < -0.3 is 10.4 Å². The molecule has 7 heteroatoms. The molecule has 0 heterocycles. The lowest BCUT2D eigenvalue weighted by Gasteiger charge is -2.29. The van der Waals surface area contributed by atoms with Gasteiger partial charge in [-0.05, 0) is 43.9 Å². The summed E-state index contributed by atoms with van der Waals surface area (Å²) in [7, 11) is 0. The highest BCUT2D eigenvalue weighted by molar-refractivity contribution is 5.83. The second kappa shape index (κ2) is 7.83. The van der Waals surface area contributed by atoms with E-state index in [9.17, 15) is 22.8 Å². The lowest BCUT2D eigenvalue weighted by atomic mass is 9.80. The van der Waals surface area contributed by atoms with E-state index >= 15 is 0 Å². The number of hydrogen-bond donors (Lipinski definition) is 2. The Balaban J connectivity index is 2.41. The quantitative estimate of drug-likeness (QED) is 0.787. The van der Waals surface area contributed by atoms with Crippen molar-refractivity contribution >= 4 is 11.9 Å². The maximum Gasteiger partial charge on any atom is 0.391 e. The Morgan fingerprint density at radius 2 is 1.73 bits per heavy atom. The molecule has 128 valence electrons. The van der Waals surface area contributed by atoms with Crippen LogP contribution in [0.15, 0.2) is 0 Å². The first-order chi connectivity index (χ1) is 10.1. The predicted molar refractivity (Wildman–Crippen MR) is 75.1 cm³/mol. The van der Waals surface area contributed by atoms with E-state index in [1.807, 2.05) is 13.8 Å². The minimum absolute atomic E-state index is 0.0514. The number of hydrogen-bond acceptors (Lipinski definition) is 2. The monoisotopic (exact) mass is 323 g/mol. The van der Waals surface area contributed by atoms with Crippen LogP contribution < -0.4 is 5.32 Å². The highest BCUT2D eigenvalue weighted by Crippen LogP contribution is 2.40. The first-order valence-electron chi connectivity index (χ1n) is 7.68. The average Bonchev–Trinajstić information content (AvgIpc) is 2.36. The molecule has 1 aliphatic carbocycles. The third-order valence-electron chi connectivity index (χ3n) is 4.12. The van der Waals surface area contributed by atoms with E-state index in [0.29, 0.717) is 19.3 Å². The van der Waals surface area contributed by atoms with Crippen molar-refractivity contribution < 1.29 is 27.9 Å². The van der Waals surface area contributed by atoms with E-state index in [4.69, 9.17) is 5.11 Å². The van der Waals surface area contributed by atoms with Crippen molar-refractivity contribution in [3.8, 4) is 0 Å². The molecule has 1 saturated carbocycles. The summed E-state index contributed by atoms with van der Waals surface area (Å²) in [5.41, 5.74) is 0. The molecule has 0 radical (unpaired) electrons. The molecule has 0 bridgehead atoms. The average molecular weight is 323 g/mol. The van der Waals surface area contributed by atoms with Crippen molar-refractivity contribution in [1.82, 2.24) is 5.32 Å². The Kier molecular flexibility index (Phi) is 6.68. The highest BCUT2D eigenvalue weighted by atomic mass is 19.4. The van der Waals surface area contributed by atoms with Crippen molar-refractivity contribution in [3.63, 3.8) is 0 Å². The zero-order valence-electron chi connectivity index (χ0n) is 12.9. The fraction of sp³-hybridized carbons (Fsp3) is 0.867. The van der Waals surface area contributed by atoms with Crippen LogP contribution in [0.25, 0.3) is 0 Å². The molecule has 0 aliphatic heterocycles. The van der Waals surface area contributed by atoms with Crippen molar-refractivity contribution in [1.29, 1.82) is 0 Å². The number of carbonyl (C=O) groups excluding carboxylic acids is 1. The van der Waals surface area contributed by atoms with Gasteiger partial charge in [-0.1, -0.05) is 13.8 Å². The van der Waals surface area contributed by atoms with Gasteiger partial charge in [0.1, 0.15) is 6.04 Å². The van der Waals surface area contributed by atoms with Gasteiger partial charge in [0.25, 0.3) is 0 Å². The van der Waals surface area contributed by atoms with Crippen LogP contribution in [-0.2, 0) is 9.59 Å².